The lowest BCUT2D eigenvalue weighted by molar-refractivity contribution is -0.384. The van der Waals surface area contributed by atoms with Crippen LogP contribution in [0.3, 0.4) is 0 Å². The highest BCUT2D eigenvalue weighted by Gasteiger charge is 2.28. The molecule has 20 heavy (non-hydrogen) atoms. The Kier molecular flexibility index (Phi) is 4.04. The zero-order valence-corrected chi connectivity index (χ0v) is 11.6. The summed E-state index contributed by atoms with van der Waals surface area (Å²) < 4.78 is 0. The average Bonchev–Trinajstić information content (AvgIpc) is 2.80. The highest BCUT2D eigenvalue weighted by atomic mass is 16.6. The minimum absolute atomic E-state index is 0.00568. The number of nitro groups is 1. The number of benzene rings is 1. The lowest BCUT2D eigenvalue weighted by Crippen LogP contribution is -2.33. The molecule has 1 aromatic rings. The molecule has 1 atom stereocenters. The van der Waals surface area contributed by atoms with Crippen molar-refractivity contribution in [3.05, 3.63) is 33.9 Å². The van der Waals surface area contributed by atoms with Crippen molar-refractivity contribution < 1.29 is 14.8 Å². The van der Waals surface area contributed by atoms with Gasteiger partial charge in [0.25, 0.3) is 5.69 Å². The average molecular weight is 278 g/mol. The smallest absolute Gasteiger partial charge is 0.271 e. The van der Waals surface area contributed by atoms with E-state index in [1.807, 2.05) is 13.8 Å². The van der Waals surface area contributed by atoms with Gasteiger partial charge < -0.3 is 10.0 Å². The molecule has 0 saturated carbocycles. The maximum Gasteiger partial charge on any atom is 0.271 e. The molecule has 1 aliphatic rings. The van der Waals surface area contributed by atoms with Crippen LogP contribution in [0.2, 0.25) is 0 Å². The third-order valence-electron chi connectivity index (χ3n) is 3.63. The van der Waals surface area contributed by atoms with Crippen LogP contribution in [0.25, 0.3) is 0 Å². The number of hydrogen-bond acceptors (Lipinski definition) is 4. The van der Waals surface area contributed by atoms with Gasteiger partial charge in [-0.3, -0.25) is 14.9 Å². The van der Waals surface area contributed by atoms with E-state index in [0.717, 1.165) is 5.56 Å². The van der Waals surface area contributed by atoms with E-state index in [1.54, 1.807) is 6.07 Å². The molecular formula is C14H18N2O4. The van der Waals surface area contributed by atoms with Gasteiger partial charge in [0.15, 0.2) is 0 Å². The fraction of sp³-hybridized carbons (Fsp3) is 0.500. The second kappa shape index (κ2) is 5.58. The van der Waals surface area contributed by atoms with Gasteiger partial charge in [-0.15, -0.1) is 0 Å². The van der Waals surface area contributed by atoms with Crippen molar-refractivity contribution in [2.75, 3.05) is 11.4 Å². The summed E-state index contributed by atoms with van der Waals surface area (Å²) in [5.41, 5.74) is 1.51. The normalized spacial score (nSPS) is 15.3. The van der Waals surface area contributed by atoms with Crippen molar-refractivity contribution >= 4 is 17.3 Å². The summed E-state index contributed by atoms with van der Waals surface area (Å²) in [6, 6.07) is 4.58. The fourth-order valence-electron chi connectivity index (χ4n) is 2.27. The van der Waals surface area contributed by atoms with E-state index in [4.69, 9.17) is 0 Å². The number of nitro benzene ring substituents is 1. The summed E-state index contributed by atoms with van der Waals surface area (Å²) in [5, 5.41) is 20.6. The van der Waals surface area contributed by atoms with Crippen molar-refractivity contribution in [3.8, 4) is 0 Å². The van der Waals surface area contributed by atoms with Crippen molar-refractivity contribution in [1.82, 2.24) is 0 Å². The van der Waals surface area contributed by atoms with Gasteiger partial charge in [0.05, 0.1) is 23.1 Å². The second-order valence-corrected chi connectivity index (χ2v) is 5.38. The van der Waals surface area contributed by atoms with Crippen LogP contribution in [0.5, 0.6) is 0 Å². The van der Waals surface area contributed by atoms with E-state index in [0.29, 0.717) is 18.7 Å². The lowest BCUT2D eigenvalue weighted by atomic mass is 10.0. The topological polar surface area (TPSA) is 83.7 Å². The molecule has 6 heteroatoms. The molecule has 0 fully saturated rings. The van der Waals surface area contributed by atoms with Crippen LogP contribution in [0, 0.1) is 16.0 Å². The van der Waals surface area contributed by atoms with Crippen LogP contribution in [-0.2, 0) is 11.2 Å². The van der Waals surface area contributed by atoms with Gasteiger partial charge in [-0.25, -0.2) is 0 Å². The quantitative estimate of drug-likeness (QED) is 0.673. The van der Waals surface area contributed by atoms with E-state index < -0.39 is 11.0 Å². The van der Waals surface area contributed by atoms with Gasteiger partial charge in [-0.2, -0.15) is 0 Å². The molecule has 0 radical (unpaired) electrons. The number of aliphatic hydroxyl groups excluding tert-OH is 1. The number of nitrogens with zero attached hydrogens (tertiary/aromatic N) is 2. The Balaban J connectivity index is 2.20. The van der Waals surface area contributed by atoms with Crippen LogP contribution in [0.4, 0.5) is 11.4 Å². The molecule has 0 saturated heterocycles. The molecule has 2 rings (SSSR count). The fourth-order valence-corrected chi connectivity index (χ4v) is 2.27. The van der Waals surface area contributed by atoms with Crippen LogP contribution in [0.1, 0.15) is 25.8 Å². The molecule has 1 aromatic carbocycles. The third kappa shape index (κ3) is 2.80. The van der Waals surface area contributed by atoms with Gasteiger partial charge in [-0.05, 0) is 17.9 Å². The Morgan fingerprint density at radius 2 is 2.20 bits per heavy atom. The number of carbonyl (C=O) groups excluding carboxylic acids is 1. The number of amides is 1. The molecule has 0 spiro atoms. The van der Waals surface area contributed by atoms with Crippen LogP contribution >= 0.6 is 0 Å². The molecule has 1 heterocycles. The number of carbonyl (C=O) groups is 1. The zero-order chi connectivity index (χ0) is 14.9. The predicted octanol–water partition coefficient (Wildman–Crippen LogP) is 1.89. The van der Waals surface area contributed by atoms with Gasteiger partial charge in [0, 0.05) is 18.7 Å². The monoisotopic (exact) mass is 278 g/mol. The molecule has 1 unspecified atom stereocenters. The Bertz CT molecular complexity index is 542. The highest BCUT2D eigenvalue weighted by Crippen LogP contribution is 2.32. The lowest BCUT2D eigenvalue weighted by Gasteiger charge is -2.20. The van der Waals surface area contributed by atoms with Gasteiger partial charge in [0.1, 0.15) is 0 Å². The first-order valence-electron chi connectivity index (χ1n) is 6.66. The maximum atomic E-state index is 12.2. The first-order chi connectivity index (χ1) is 9.40. The minimum Gasteiger partial charge on any atom is -0.392 e. The Labute approximate surface area is 117 Å². The van der Waals surface area contributed by atoms with Crippen molar-refractivity contribution in [1.29, 1.82) is 0 Å². The first kappa shape index (κ1) is 14.5. The van der Waals surface area contributed by atoms with E-state index in [-0.39, 0.29) is 23.9 Å². The van der Waals surface area contributed by atoms with Crippen molar-refractivity contribution in [2.45, 2.75) is 32.8 Å². The number of hydrogen-bond donors (Lipinski definition) is 1. The summed E-state index contributed by atoms with van der Waals surface area (Å²) >= 11 is 0. The standard InChI is InChI=1S/C14H18N2O4/c1-9(2)13(17)8-14(18)15-6-5-10-3-4-11(16(19)20)7-12(10)15/h3-4,7,9,13,17H,5-6,8H2,1-2H3. The molecule has 1 N–H and O–H groups in total. The summed E-state index contributed by atoms with van der Waals surface area (Å²) in [4.78, 5) is 24.1. The van der Waals surface area contributed by atoms with Crippen LogP contribution in [0.15, 0.2) is 18.2 Å². The summed E-state index contributed by atoms with van der Waals surface area (Å²) in [6.45, 7) is 4.21. The maximum absolute atomic E-state index is 12.2. The van der Waals surface area contributed by atoms with Gasteiger partial charge >= 0.3 is 0 Å². The summed E-state index contributed by atoms with van der Waals surface area (Å²) in [5.74, 6) is -0.184. The van der Waals surface area contributed by atoms with E-state index in [1.165, 1.54) is 17.0 Å². The molecule has 0 aliphatic carbocycles. The van der Waals surface area contributed by atoms with Crippen molar-refractivity contribution in [3.63, 3.8) is 0 Å². The second-order valence-electron chi connectivity index (χ2n) is 5.38. The van der Waals surface area contributed by atoms with Gasteiger partial charge in [0.2, 0.25) is 5.91 Å². The molecule has 1 aliphatic heterocycles. The number of aliphatic hydroxyl groups is 1. The zero-order valence-electron chi connectivity index (χ0n) is 11.6. The Morgan fingerprint density at radius 3 is 2.80 bits per heavy atom. The highest BCUT2D eigenvalue weighted by molar-refractivity contribution is 5.96. The molecule has 0 bridgehead atoms. The molecular weight excluding hydrogens is 260 g/mol. The van der Waals surface area contributed by atoms with Gasteiger partial charge in [-0.1, -0.05) is 19.9 Å². The largest absolute Gasteiger partial charge is 0.392 e. The minimum atomic E-state index is -0.690. The van der Waals surface area contributed by atoms with E-state index in [2.05, 4.69) is 0 Å². The predicted molar refractivity (Wildman–Crippen MR) is 74.6 cm³/mol. The SMILES string of the molecule is CC(C)C(O)CC(=O)N1CCc2ccc([N+](=O)[O-])cc21. The van der Waals surface area contributed by atoms with E-state index in [9.17, 15) is 20.0 Å². The Hall–Kier alpha value is -1.95. The van der Waals surface area contributed by atoms with Crippen LogP contribution < -0.4 is 4.90 Å². The third-order valence-corrected chi connectivity index (χ3v) is 3.63. The number of rotatable bonds is 4. The summed E-state index contributed by atoms with van der Waals surface area (Å²) in [6.07, 6.45) is 0.0432. The molecule has 108 valence electrons. The van der Waals surface area contributed by atoms with Crippen molar-refractivity contribution in [2.24, 2.45) is 5.92 Å². The summed E-state index contributed by atoms with van der Waals surface area (Å²) in [7, 11) is 0. The molecule has 6 nitrogen and oxygen atoms in total. The first-order valence-corrected chi connectivity index (χ1v) is 6.66. The number of anilines is 1. The number of fused-ring (bicyclic) bond motifs is 1. The molecule has 1 amide bonds. The van der Waals surface area contributed by atoms with Crippen LogP contribution in [-0.4, -0.2) is 28.6 Å². The Morgan fingerprint density at radius 1 is 1.50 bits per heavy atom. The number of non-ortho nitro benzene ring substituents is 1. The molecule has 0 aromatic heterocycles. The van der Waals surface area contributed by atoms with E-state index >= 15 is 0 Å².